The van der Waals surface area contributed by atoms with Gasteiger partial charge in [-0.2, -0.15) is 4.31 Å². The summed E-state index contributed by atoms with van der Waals surface area (Å²) in [4.78, 5) is 25.8. The Morgan fingerprint density at radius 2 is 1.73 bits per heavy atom. The van der Waals surface area contributed by atoms with Gasteiger partial charge in [-0.05, 0) is 49.6 Å². The number of para-hydroxylation sites is 1. The van der Waals surface area contributed by atoms with E-state index in [1.807, 2.05) is 6.92 Å². The first-order valence-electron chi connectivity index (χ1n) is 11.2. The Balaban J connectivity index is 1.87. The van der Waals surface area contributed by atoms with Crippen molar-refractivity contribution >= 4 is 27.5 Å². The summed E-state index contributed by atoms with van der Waals surface area (Å²) in [6, 6.07) is 11.0. The minimum absolute atomic E-state index is 0.0425. The smallest absolute Gasteiger partial charge is 0.259 e. The number of sulfonamides is 1. The number of carbonyl (C=O) groups is 2. The summed E-state index contributed by atoms with van der Waals surface area (Å²) in [5, 5.41) is 5.58. The van der Waals surface area contributed by atoms with Crippen molar-refractivity contribution in [1.82, 2.24) is 9.62 Å². The molecule has 0 radical (unpaired) electrons. The molecule has 178 valence electrons. The van der Waals surface area contributed by atoms with Crippen LogP contribution >= 0.6 is 0 Å². The average molecular weight is 474 g/mol. The molecule has 33 heavy (non-hydrogen) atoms. The molecule has 2 aromatic rings. The average Bonchev–Trinajstić information content (AvgIpc) is 2.84. The summed E-state index contributed by atoms with van der Waals surface area (Å²) in [6.45, 7) is 3.52. The minimum atomic E-state index is -3.72. The maximum absolute atomic E-state index is 13.2. The zero-order valence-corrected chi connectivity index (χ0v) is 19.9. The Kier molecular flexibility index (Phi) is 8.46. The van der Waals surface area contributed by atoms with Gasteiger partial charge in [0, 0.05) is 19.6 Å². The van der Waals surface area contributed by atoms with Crippen LogP contribution in [-0.2, 0) is 10.0 Å². The van der Waals surface area contributed by atoms with Crippen LogP contribution < -0.4 is 15.4 Å². The quantitative estimate of drug-likeness (QED) is 0.541. The van der Waals surface area contributed by atoms with E-state index in [4.69, 9.17) is 4.74 Å². The van der Waals surface area contributed by atoms with Crippen molar-refractivity contribution in [3.63, 3.8) is 0 Å². The standard InChI is InChI=1S/C24H31N3O5S/c1-3-4-14-25-23(28)19-10-6-7-11-21(19)26-24(29)20-17-18(12-13-22(20)32-2)33(30,31)27-15-8-5-9-16-27/h6-7,10-13,17H,3-5,8-9,14-16H2,1-2H3,(H,25,28)(H,26,29). The van der Waals surface area contributed by atoms with E-state index < -0.39 is 15.9 Å². The summed E-state index contributed by atoms with van der Waals surface area (Å²) in [5.74, 6) is -0.598. The van der Waals surface area contributed by atoms with Gasteiger partial charge in [-0.15, -0.1) is 0 Å². The SMILES string of the molecule is CCCCNC(=O)c1ccccc1NC(=O)c1cc(S(=O)(=O)N2CCCCC2)ccc1OC. The van der Waals surface area contributed by atoms with Gasteiger partial charge in [-0.25, -0.2) is 8.42 Å². The molecular weight excluding hydrogens is 442 g/mol. The number of hydrogen-bond donors (Lipinski definition) is 2. The number of nitrogens with one attached hydrogen (secondary N) is 2. The fraction of sp³-hybridized carbons (Fsp3) is 0.417. The molecule has 0 spiro atoms. The molecule has 0 aromatic heterocycles. The lowest BCUT2D eigenvalue weighted by Gasteiger charge is -2.26. The van der Waals surface area contributed by atoms with Crippen molar-refractivity contribution in [3.05, 3.63) is 53.6 Å². The molecule has 1 aliphatic heterocycles. The Hall–Kier alpha value is -2.91. The Labute approximate surface area is 195 Å². The number of piperidine rings is 1. The first-order chi connectivity index (χ1) is 15.9. The van der Waals surface area contributed by atoms with Crippen LogP contribution in [0.25, 0.3) is 0 Å². The number of benzene rings is 2. The summed E-state index contributed by atoms with van der Waals surface area (Å²) in [6.07, 6.45) is 4.46. The number of hydrogen-bond acceptors (Lipinski definition) is 5. The Morgan fingerprint density at radius 1 is 1.00 bits per heavy atom. The first-order valence-corrected chi connectivity index (χ1v) is 12.7. The molecule has 0 bridgehead atoms. The number of anilines is 1. The van der Waals surface area contributed by atoms with Gasteiger partial charge in [-0.3, -0.25) is 9.59 Å². The third-order valence-corrected chi connectivity index (χ3v) is 7.50. The van der Waals surface area contributed by atoms with Crippen LogP contribution in [-0.4, -0.2) is 51.3 Å². The number of rotatable bonds is 9. The van der Waals surface area contributed by atoms with E-state index in [1.54, 1.807) is 24.3 Å². The van der Waals surface area contributed by atoms with E-state index in [1.165, 1.54) is 29.6 Å². The summed E-state index contributed by atoms with van der Waals surface area (Å²) < 4.78 is 32.9. The fourth-order valence-corrected chi connectivity index (χ4v) is 5.28. The summed E-state index contributed by atoms with van der Waals surface area (Å²) in [5.41, 5.74) is 0.748. The molecular formula is C24H31N3O5S. The van der Waals surface area contributed by atoms with Crippen LogP contribution in [0.5, 0.6) is 5.75 Å². The van der Waals surface area contributed by atoms with Crippen LogP contribution in [0.4, 0.5) is 5.69 Å². The second-order valence-electron chi connectivity index (χ2n) is 7.94. The van der Waals surface area contributed by atoms with E-state index in [0.717, 1.165) is 32.1 Å². The normalized spacial score (nSPS) is 14.5. The largest absolute Gasteiger partial charge is 0.496 e. The van der Waals surface area contributed by atoms with E-state index in [9.17, 15) is 18.0 Å². The molecule has 0 atom stereocenters. The zero-order chi connectivity index (χ0) is 23.8. The lowest BCUT2D eigenvalue weighted by atomic mass is 10.1. The second-order valence-corrected chi connectivity index (χ2v) is 9.87. The molecule has 2 N–H and O–H groups in total. The molecule has 0 aliphatic carbocycles. The lowest BCUT2D eigenvalue weighted by molar-refractivity contribution is 0.0954. The number of unbranched alkanes of at least 4 members (excludes halogenated alkanes) is 1. The van der Waals surface area contributed by atoms with Crippen molar-refractivity contribution in [2.45, 2.75) is 43.9 Å². The molecule has 0 saturated carbocycles. The van der Waals surface area contributed by atoms with Crippen molar-refractivity contribution in [2.24, 2.45) is 0 Å². The highest BCUT2D eigenvalue weighted by Gasteiger charge is 2.28. The summed E-state index contributed by atoms with van der Waals surface area (Å²) >= 11 is 0. The predicted molar refractivity (Wildman–Crippen MR) is 127 cm³/mol. The highest BCUT2D eigenvalue weighted by atomic mass is 32.2. The predicted octanol–water partition coefficient (Wildman–Crippen LogP) is 3.65. The topological polar surface area (TPSA) is 105 Å². The van der Waals surface area contributed by atoms with Crippen LogP contribution in [0.1, 0.15) is 59.7 Å². The zero-order valence-electron chi connectivity index (χ0n) is 19.1. The molecule has 1 fully saturated rings. The summed E-state index contributed by atoms with van der Waals surface area (Å²) in [7, 11) is -2.30. The van der Waals surface area contributed by atoms with Gasteiger partial charge >= 0.3 is 0 Å². The lowest BCUT2D eigenvalue weighted by Crippen LogP contribution is -2.35. The molecule has 1 heterocycles. The molecule has 8 nitrogen and oxygen atoms in total. The molecule has 9 heteroatoms. The Bertz CT molecular complexity index is 1100. The van der Waals surface area contributed by atoms with Gasteiger partial charge in [0.05, 0.1) is 28.8 Å². The van der Waals surface area contributed by atoms with Gasteiger partial charge in [0.2, 0.25) is 10.0 Å². The van der Waals surface area contributed by atoms with E-state index in [2.05, 4.69) is 10.6 Å². The van der Waals surface area contributed by atoms with E-state index >= 15 is 0 Å². The third-order valence-electron chi connectivity index (χ3n) is 5.60. The van der Waals surface area contributed by atoms with E-state index in [-0.39, 0.29) is 22.1 Å². The van der Waals surface area contributed by atoms with Crippen LogP contribution in [0, 0.1) is 0 Å². The maximum Gasteiger partial charge on any atom is 0.259 e. The Morgan fingerprint density at radius 3 is 2.42 bits per heavy atom. The second kappa shape index (κ2) is 11.3. The van der Waals surface area contributed by atoms with Crippen molar-refractivity contribution in [2.75, 3.05) is 32.1 Å². The van der Waals surface area contributed by atoms with Gasteiger partial charge < -0.3 is 15.4 Å². The first kappa shape index (κ1) is 24.7. The van der Waals surface area contributed by atoms with Crippen molar-refractivity contribution in [1.29, 1.82) is 0 Å². The van der Waals surface area contributed by atoms with E-state index in [0.29, 0.717) is 30.9 Å². The molecule has 2 aromatic carbocycles. The highest BCUT2D eigenvalue weighted by Crippen LogP contribution is 2.27. The van der Waals surface area contributed by atoms with Crippen LogP contribution in [0.2, 0.25) is 0 Å². The van der Waals surface area contributed by atoms with Gasteiger partial charge in [0.1, 0.15) is 5.75 Å². The van der Waals surface area contributed by atoms with Crippen LogP contribution in [0.3, 0.4) is 0 Å². The van der Waals surface area contributed by atoms with Crippen molar-refractivity contribution in [3.8, 4) is 5.75 Å². The minimum Gasteiger partial charge on any atom is -0.496 e. The molecule has 2 amide bonds. The number of methoxy groups -OCH3 is 1. The van der Waals surface area contributed by atoms with Gasteiger partial charge in [0.15, 0.2) is 0 Å². The van der Waals surface area contributed by atoms with Gasteiger partial charge in [0.25, 0.3) is 11.8 Å². The molecule has 0 unspecified atom stereocenters. The van der Waals surface area contributed by atoms with Gasteiger partial charge in [-0.1, -0.05) is 31.9 Å². The fourth-order valence-electron chi connectivity index (χ4n) is 3.73. The monoisotopic (exact) mass is 473 g/mol. The molecule has 1 aliphatic rings. The van der Waals surface area contributed by atoms with Crippen LogP contribution in [0.15, 0.2) is 47.4 Å². The number of amides is 2. The molecule has 1 saturated heterocycles. The number of carbonyl (C=O) groups excluding carboxylic acids is 2. The number of ether oxygens (including phenoxy) is 1. The highest BCUT2D eigenvalue weighted by molar-refractivity contribution is 7.89. The van der Waals surface area contributed by atoms with Crippen molar-refractivity contribution < 1.29 is 22.7 Å². The number of nitrogens with zero attached hydrogens (tertiary/aromatic N) is 1. The maximum atomic E-state index is 13.2. The third kappa shape index (κ3) is 5.91. The molecule has 3 rings (SSSR count).